The molecule has 0 bridgehead atoms. The largest absolute Gasteiger partial charge is 0.507 e. The maximum Gasteiger partial charge on any atom is 0.250 e. The summed E-state index contributed by atoms with van der Waals surface area (Å²) in [6, 6.07) is 14.9. The predicted molar refractivity (Wildman–Crippen MR) is 110 cm³/mol. The van der Waals surface area contributed by atoms with Crippen molar-refractivity contribution in [3.63, 3.8) is 0 Å². The van der Waals surface area contributed by atoms with Crippen molar-refractivity contribution in [3.8, 4) is 17.1 Å². The van der Waals surface area contributed by atoms with E-state index in [0.29, 0.717) is 17.3 Å². The molecule has 1 heterocycles. The first-order valence-electron chi connectivity index (χ1n) is 8.81. The molecule has 0 aliphatic rings. The van der Waals surface area contributed by atoms with Crippen LogP contribution in [0.25, 0.3) is 11.4 Å². The predicted octanol–water partition coefficient (Wildman–Crippen LogP) is 3.22. The minimum absolute atomic E-state index is 0.106. The van der Waals surface area contributed by atoms with Crippen LogP contribution in [-0.2, 0) is 11.3 Å². The van der Waals surface area contributed by atoms with Gasteiger partial charge in [0.05, 0.1) is 12.0 Å². The first-order chi connectivity index (χ1) is 13.6. The fraction of sp³-hybridized carbons (Fsp3) is 0.200. The molecular formula is C20H21N5O2S. The highest BCUT2D eigenvalue weighted by molar-refractivity contribution is 7.99. The molecule has 1 aromatic heterocycles. The van der Waals surface area contributed by atoms with Crippen molar-refractivity contribution in [2.24, 2.45) is 5.10 Å². The quantitative estimate of drug-likeness (QED) is 0.364. The molecule has 0 radical (unpaired) electrons. The monoisotopic (exact) mass is 395 g/mol. The molecule has 0 aliphatic carbocycles. The van der Waals surface area contributed by atoms with E-state index in [-0.39, 0.29) is 17.4 Å². The summed E-state index contributed by atoms with van der Waals surface area (Å²) < 4.78 is 1.98. The number of amides is 1. The van der Waals surface area contributed by atoms with Crippen LogP contribution in [0.5, 0.6) is 5.75 Å². The van der Waals surface area contributed by atoms with Gasteiger partial charge in [-0.1, -0.05) is 53.7 Å². The van der Waals surface area contributed by atoms with Gasteiger partial charge in [-0.3, -0.25) is 4.79 Å². The molecule has 8 heteroatoms. The van der Waals surface area contributed by atoms with Crippen molar-refractivity contribution in [2.45, 2.75) is 25.5 Å². The summed E-state index contributed by atoms with van der Waals surface area (Å²) >= 11 is 1.30. The minimum atomic E-state index is -0.265. The van der Waals surface area contributed by atoms with Gasteiger partial charge in [0.2, 0.25) is 0 Å². The highest BCUT2D eigenvalue weighted by atomic mass is 32.2. The number of nitrogens with zero attached hydrogens (tertiary/aromatic N) is 4. The van der Waals surface area contributed by atoms with Gasteiger partial charge in [0, 0.05) is 17.7 Å². The Kier molecular flexibility index (Phi) is 6.44. The van der Waals surface area contributed by atoms with E-state index in [0.717, 1.165) is 11.4 Å². The number of benzene rings is 2. The lowest BCUT2D eigenvalue weighted by molar-refractivity contribution is -0.118. The molecule has 144 valence electrons. The van der Waals surface area contributed by atoms with Crippen molar-refractivity contribution < 1.29 is 9.90 Å². The Balaban J connectivity index is 1.60. The number of hydrogen-bond acceptors (Lipinski definition) is 6. The number of carbonyl (C=O) groups excluding carboxylic acids is 1. The van der Waals surface area contributed by atoms with Crippen molar-refractivity contribution in [3.05, 3.63) is 59.7 Å². The Bertz CT molecular complexity index is 983. The second kappa shape index (κ2) is 9.18. The summed E-state index contributed by atoms with van der Waals surface area (Å²) in [6.07, 6.45) is 1.40. The summed E-state index contributed by atoms with van der Waals surface area (Å²) in [5.74, 6) is 0.779. The van der Waals surface area contributed by atoms with E-state index in [1.165, 1.54) is 23.5 Å². The maximum absolute atomic E-state index is 12.0. The number of aromatic hydroxyl groups is 1. The number of rotatable bonds is 7. The smallest absolute Gasteiger partial charge is 0.250 e. The number of phenolic OH excluding ortho intramolecular Hbond substituents is 1. The van der Waals surface area contributed by atoms with Gasteiger partial charge < -0.3 is 9.67 Å². The summed E-state index contributed by atoms with van der Waals surface area (Å²) in [5.41, 5.74) is 5.16. The molecule has 3 aromatic rings. The maximum atomic E-state index is 12.0. The van der Waals surface area contributed by atoms with Crippen LogP contribution in [0.2, 0.25) is 0 Å². The third kappa shape index (κ3) is 4.77. The fourth-order valence-corrected chi connectivity index (χ4v) is 3.32. The zero-order chi connectivity index (χ0) is 19.9. The van der Waals surface area contributed by atoms with E-state index in [9.17, 15) is 9.90 Å². The topological polar surface area (TPSA) is 92.4 Å². The van der Waals surface area contributed by atoms with E-state index < -0.39 is 0 Å². The number of para-hydroxylation sites is 1. The van der Waals surface area contributed by atoms with E-state index in [4.69, 9.17) is 0 Å². The van der Waals surface area contributed by atoms with E-state index in [1.54, 1.807) is 24.3 Å². The molecule has 0 aliphatic heterocycles. The molecule has 1 amide bonds. The molecule has 0 saturated heterocycles. The number of phenols is 1. The van der Waals surface area contributed by atoms with Crippen LogP contribution in [0.1, 0.15) is 18.1 Å². The van der Waals surface area contributed by atoms with Gasteiger partial charge in [0.25, 0.3) is 5.91 Å². The van der Waals surface area contributed by atoms with Gasteiger partial charge in [-0.2, -0.15) is 5.10 Å². The van der Waals surface area contributed by atoms with Crippen LogP contribution in [0, 0.1) is 6.92 Å². The highest BCUT2D eigenvalue weighted by Crippen LogP contribution is 2.24. The SMILES string of the molecule is CCn1c(SCC(=O)N/N=C/c2ccccc2O)nnc1-c1ccc(C)cc1. The first-order valence-corrected chi connectivity index (χ1v) is 9.80. The second-order valence-corrected chi connectivity index (χ2v) is 7.00. The molecule has 28 heavy (non-hydrogen) atoms. The number of hydrogen-bond donors (Lipinski definition) is 2. The van der Waals surface area contributed by atoms with Gasteiger partial charge in [-0.25, -0.2) is 5.43 Å². The van der Waals surface area contributed by atoms with Crippen molar-refractivity contribution >= 4 is 23.9 Å². The molecule has 2 aromatic carbocycles. The average Bonchev–Trinajstić information content (AvgIpc) is 3.11. The van der Waals surface area contributed by atoms with Crippen LogP contribution in [0.4, 0.5) is 0 Å². The van der Waals surface area contributed by atoms with E-state index in [1.807, 2.05) is 42.7 Å². The van der Waals surface area contributed by atoms with Crippen LogP contribution >= 0.6 is 11.8 Å². The summed E-state index contributed by atoms with van der Waals surface area (Å²) in [5, 5.41) is 22.7. The molecule has 0 unspecified atom stereocenters. The zero-order valence-electron chi connectivity index (χ0n) is 15.7. The number of nitrogens with one attached hydrogen (secondary N) is 1. The molecule has 0 saturated carbocycles. The Morgan fingerprint density at radius 1 is 1.21 bits per heavy atom. The fourth-order valence-electron chi connectivity index (χ4n) is 2.53. The number of aromatic nitrogens is 3. The van der Waals surface area contributed by atoms with Crippen LogP contribution in [0.3, 0.4) is 0 Å². The van der Waals surface area contributed by atoms with Crippen LogP contribution in [0.15, 0.2) is 58.8 Å². The zero-order valence-corrected chi connectivity index (χ0v) is 16.5. The van der Waals surface area contributed by atoms with Gasteiger partial charge in [0.1, 0.15) is 5.75 Å². The molecule has 0 spiro atoms. The van der Waals surface area contributed by atoms with Crippen molar-refractivity contribution in [1.82, 2.24) is 20.2 Å². The molecule has 7 nitrogen and oxygen atoms in total. The normalized spacial score (nSPS) is 11.1. The molecule has 0 atom stereocenters. The Hall–Kier alpha value is -3.13. The summed E-state index contributed by atoms with van der Waals surface area (Å²) in [7, 11) is 0. The average molecular weight is 395 g/mol. The number of carbonyl (C=O) groups is 1. The van der Waals surface area contributed by atoms with Crippen molar-refractivity contribution in [2.75, 3.05) is 5.75 Å². The standard InChI is InChI=1S/C20H21N5O2S/c1-3-25-19(15-10-8-14(2)9-11-15)23-24-20(25)28-13-18(27)22-21-12-16-6-4-5-7-17(16)26/h4-12,26H,3,13H2,1-2H3,(H,22,27)/b21-12+. The van der Waals surface area contributed by atoms with Gasteiger partial charge in [-0.05, 0) is 26.0 Å². The van der Waals surface area contributed by atoms with Crippen LogP contribution in [-0.4, -0.2) is 37.7 Å². The van der Waals surface area contributed by atoms with Crippen LogP contribution < -0.4 is 5.43 Å². The van der Waals surface area contributed by atoms with Gasteiger partial charge in [0.15, 0.2) is 11.0 Å². The molecule has 2 N–H and O–H groups in total. The second-order valence-electron chi connectivity index (χ2n) is 6.06. The first kappa shape index (κ1) is 19.6. The molecular weight excluding hydrogens is 374 g/mol. The Morgan fingerprint density at radius 3 is 2.68 bits per heavy atom. The molecule has 3 rings (SSSR count). The number of hydrazone groups is 1. The van der Waals surface area contributed by atoms with Crippen molar-refractivity contribution in [1.29, 1.82) is 0 Å². The lowest BCUT2D eigenvalue weighted by atomic mass is 10.1. The molecule has 0 fully saturated rings. The third-order valence-corrected chi connectivity index (χ3v) is 4.97. The summed E-state index contributed by atoms with van der Waals surface area (Å²) in [6.45, 7) is 4.75. The third-order valence-electron chi connectivity index (χ3n) is 4.00. The van der Waals surface area contributed by atoms with E-state index >= 15 is 0 Å². The van der Waals surface area contributed by atoms with E-state index in [2.05, 4.69) is 20.7 Å². The summed E-state index contributed by atoms with van der Waals surface area (Å²) in [4.78, 5) is 12.0. The lowest BCUT2D eigenvalue weighted by Gasteiger charge is -2.07. The van der Waals surface area contributed by atoms with Gasteiger partial charge >= 0.3 is 0 Å². The number of aryl methyl sites for hydroxylation is 1. The Labute approximate surface area is 167 Å². The number of thioether (sulfide) groups is 1. The Morgan fingerprint density at radius 2 is 1.96 bits per heavy atom. The highest BCUT2D eigenvalue weighted by Gasteiger charge is 2.14. The minimum Gasteiger partial charge on any atom is -0.507 e. The lowest BCUT2D eigenvalue weighted by Crippen LogP contribution is -2.20. The van der Waals surface area contributed by atoms with Gasteiger partial charge in [-0.15, -0.1) is 10.2 Å².